The van der Waals surface area contributed by atoms with Crippen LogP contribution in [0.15, 0.2) is 84.2 Å². The number of pyridine rings is 3. The van der Waals surface area contributed by atoms with Gasteiger partial charge in [0.25, 0.3) is 5.56 Å². The summed E-state index contributed by atoms with van der Waals surface area (Å²) in [6.45, 7) is 3.30. The Hall–Kier alpha value is -2.64. The fourth-order valence-electron chi connectivity index (χ4n) is 3.85. The second kappa shape index (κ2) is 15.4. The van der Waals surface area contributed by atoms with Gasteiger partial charge in [-0.3, -0.25) is 19.7 Å². The molecule has 0 amide bonds. The fraction of sp³-hybridized carbons (Fsp3) is 0.269. The third kappa shape index (κ3) is 8.51. The molecule has 0 radical (unpaired) electrons. The normalized spacial score (nSPS) is 10.2. The third-order valence-corrected chi connectivity index (χ3v) is 5.57. The summed E-state index contributed by atoms with van der Waals surface area (Å²) in [7, 11) is 1.78. The zero-order valence-electron chi connectivity index (χ0n) is 19.6. The predicted molar refractivity (Wildman–Crippen MR) is 148 cm³/mol. The van der Waals surface area contributed by atoms with E-state index in [9.17, 15) is 4.79 Å². The van der Waals surface area contributed by atoms with Crippen LogP contribution in [0.4, 0.5) is 0 Å². The van der Waals surface area contributed by atoms with Gasteiger partial charge < -0.3 is 9.30 Å². The summed E-state index contributed by atoms with van der Waals surface area (Å²) < 4.78 is 7.76. The molecule has 0 spiro atoms. The van der Waals surface area contributed by atoms with Gasteiger partial charge in [0.2, 0.25) is 0 Å². The van der Waals surface area contributed by atoms with Crippen molar-refractivity contribution < 1.29 is 4.74 Å². The molecular formula is C26H31Cl3N4O2. The molecule has 0 atom stereocenters. The molecule has 0 fully saturated rings. The van der Waals surface area contributed by atoms with E-state index in [1.54, 1.807) is 23.9 Å². The van der Waals surface area contributed by atoms with Crippen LogP contribution in [0.5, 0.6) is 5.75 Å². The smallest absolute Gasteiger partial charge is 0.250 e. The quantitative estimate of drug-likeness (QED) is 0.263. The van der Waals surface area contributed by atoms with E-state index in [1.165, 1.54) is 11.1 Å². The van der Waals surface area contributed by atoms with Crippen molar-refractivity contribution in [1.29, 1.82) is 0 Å². The van der Waals surface area contributed by atoms with Crippen LogP contribution in [0.25, 0.3) is 10.9 Å². The maximum Gasteiger partial charge on any atom is 0.250 e. The van der Waals surface area contributed by atoms with Gasteiger partial charge in [0.15, 0.2) is 0 Å². The monoisotopic (exact) mass is 536 g/mol. The van der Waals surface area contributed by atoms with Crippen molar-refractivity contribution in [1.82, 2.24) is 19.4 Å². The van der Waals surface area contributed by atoms with Crippen molar-refractivity contribution in [2.45, 2.75) is 19.4 Å². The van der Waals surface area contributed by atoms with Crippen LogP contribution < -0.4 is 10.3 Å². The molecular weight excluding hydrogens is 507 g/mol. The molecule has 0 saturated heterocycles. The SMILES string of the molecule is Cl.Cl.Cl.Cn1c(=O)ccc2cccc(OCCCN(CCc3cccnc3)Cc3ccncc3)c21. The molecule has 4 rings (SSSR count). The third-order valence-electron chi connectivity index (χ3n) is 5.57. The average Bonchev–Trinajstić information content (AvgIpc) is 2.83. The minimum Gasteiger partial charge on any atom is -0.491 e. The molecule has 0 N–H and O–H groups in total. The van der Waals surface area contributed by atoms with E-state index >= 15 is 0 Å². The zero-order chi connectivity index (χ0) is 22.2. The van der Waals surface area contributed by atoms with Crippen LogP contribution in [-0.4, -0.2) is 39.1 Å². The zero-order valence-corrected chi connectivity index (χ0v) is 22.0. The molecule has 0 saturated carbocycles. The number of aryl methyl sites for hydroxylation is 1. The van der Waals surface area contributed by atoms with Gasteiger partial charge in [-0.1, -0.05) is 18.2 Å². The summed E-state index contributed by atoms with van der Waals surface area (Å²) in [5.74, 6) is 0.749. The largest absolute Gasteiger partial charge is 0.491 e. The average molecular weight is 538 g/mol. The number of hydrogen-bond donors (Lipinski definition) is 0. The van der Waals surface area contributed by atoms with Gasteiger partial charge in [-0.25, -0.2) is 0 Å². The molecule has 6 nitrogen and oxygen atoms in total. The van der Waals surface area contributed by atoms with Crippen LogP contribution in [0.1, 0.15) is 17.5 Å². The summed E-state index contributed by atoms with van der Waals surface area (Å²) >= 11 is 0. The van der Waals surface area contributed by atoms with Gasteiger partial charge in [0.1, 0.15) is 5.75 Å². The van der Waals surface area contributed by atoms with Crippen molar-refractivity contribution in [3.8, 4) is 5.75 Å². The van der Waals surface area contributed by atoms with E-state index < -0.39 is 0 Å². The maximum atomic E-state index is 12.1. The van der Waals surface area contributed by atoms with E-state index in [-0.39, 0.29) is 42.8 Å². The first-order chi connectivity index (χ1) is 15.7. The molecule has 0 aliphatic carbocycles. The predicted octanol–water partition coefficient (Wildman–Crippen LogP) is 5.11. The van der Waals surface area contributed by atoms with E-state index in [1.807, 2.05) is 48.9 Å². The van der Waals surface area contributed by atoms with Gasteiger partial charge >= 0.3 is 0 Å². The van der Waals surface area contributed by atoms with E-state index in [2.05, 4.69) is 33.1 Å². The molecule has 3 heterocycles. The van der Waals surface area contributed by atoms with E-state index in [0.717, 1.165) is 49.1 Å². The molecule has 35 heavy (non-hydrogen) atoms. The van der Waals surface area contributed by atoms with Gasteiger partial charge in [0.05, 0.1) is 12.1 Å². The van der Waals surface area contributed by atoms with Gasteiger partial charge in [0, 0.05) is 62.9 Å². The van der Waals surface area contributed by atoms with Gasteiger partial charge in [-0.15, -0.1) is 37.2 Å². The Bertz CT molecular complexity index is 1210. The lowest BCUT2D eigenvalue weighted by Gasteiger charge is -2.22. The Morgan fingerprint density at radius 2 is 1.66 bits per heavy atom. The highest BCUT2D eigenvalue weighted by molar-refractivity contribution is 5.86. The highest BCUT2D eigenvalue weighted by atomic mass is 35.5. The van der Waals surface area contributed by atoms with Gasteiger partial charge in [-0.05, 0) is 54.3 Å². The van der Waals surface area contributed by atoms with E-state index in [0.29, 0.717) is 6.61 Å². The van der Waals surface area contributed by atoms with Crippen LogP contribution in [0.3, 0.4) is 0 Å². The first-order valence-electron chi connectivity index (χ1n) is 10.9. The number of nitrogens with zero attached hydrogens (tertiary/aromatic N) is 4. The Balaban J connectivity index is 0.00000204. The molecule has 4 aromatic rings. The number of benzene rings is 1. The Morgan fingerprint density at radius 3 is 2.40 bits per heavy atom. The summed E-state index contributed by atoms with van der Waals surface area (Å²) in [6, 6.07) is 17.5. The summed E-state index contributed by atoms with van der Waals surface area (Å²) in [5, 5.41) is 1.00. The molecule has 3 aromatic heterocycles. The number of hydrogen-bond acceptors (Lipinski definition) is 5. The van der Waals surface area contributed by atoms with E-state index in [4.69, 9.17) is 4.74 Å². The minimum absolute atomic E-state index is 0. The van der Waals surface area contributed by atoms with Crippen molar-refractivity contribution in [3.63, 3.8) is 0 Å². The summed E-state index contributed by atoms with van der Waals surface area (Å²) in [6.07, 6.45) is 9.24. The maximum absolute atomic E-state index is 12.1. The second-order valence-corrected chi connectivity index (χ2v) is 7.87. The van der Waals surface area contributed by atoms with Crippen molar-refractivity contribution in [2.24, 2.45) is 7.05 Å². The number of rotatable bonds is 10. The first-order valence-corrected chi connectivity index (χ1v) is 10.9. The van der Waals surface area contributed by atoms with Crippen LogP contribution in [0.2, 0.25) is 0 Å². The lowest BCUT2D eigenvalue weighted by molar-refractivity contribution is 0.230. The molecule has 0 aliphatic rings. The van der Waals surface area contributed by atoms with Gasteiger partial charge in [-0.2, -0.15) is 0 Å². The molecule has 188 valence electrons. The van der Waals surface area contributed by atoms with Crippen LogP contribution in [-0.2, 0) is 20.0 Å². The van der Waals surface area contributed by atoms with Crippen molar-refractivity contribution >= 4 is 48.1 Å². The minimum atomic E-state index is -0.0347. The topological polar surface area (TPSA) is 60.2 Å². The Labute approximate surface area is 224 Å². The first kappa shape index (κ1) is 30.4. The number of aromatic nitrogens is 3. The summed E-state index contributed by atoms with van der Waals surface area (Å²) in [4.78, 5) is 22.8. The Morgan fingerprint density at radius 1 is 0.857 bits per heavy atom. The molecule has 0 bridgehead atoms. The van der Waals surface area contributed by atoms with Crippen molar-refractivity contribution in [2.75, 3.05) is 19.7 Å². The van der Waals surface area contributed by atoms with Crippen LogP contribution >= 0.6 is 37.2 Å². The lowest BCUT2D eigenvalue weighted by atomic mass is 10.2. The second-order valence-electron chi connectivity index (χ2n) is 7.87. The number of halogens is 3. The number of para-hydroxylation sites is 1. The molecule has 9 heteroatoms. The fourth-order valence-corrected chi connectivity index (χ4v) is 3.85. The summed E-state index contributed by atoms with van der Waals surface area (Å²) in [5.41, 5.74) is 3.29. The molecule has 1 aromatic carbocycles. The number of fused-ring (bicyclic) bond motifs is 1. The van der Waals surface area contributed by atoms with Crippen molar-refractivity contribution in [3.05, 3.63) is 101 Å². The number of ether oxygens (including phenoxy) is 1. The highest BCUT2D eigenvalue weighted by Crippen LogP contribution is 2.23. The molecule has 0 aliphatic heterocycles. The lowest BCUT2D eigenvalue weighted by Crippen LogP contribution is -2.28. The highest BCUT2D eigenvalue weighted by Gasteiger charge is 2.09. The molecule has 0 unspecified atom stereocenters. The van der Waals surface area contributed by atoms with Crippen LogP contribution in [0, 0.1) is 0 Å². The Kier molecular flexibility index (Phi) is 13.3. The standard InChI is InChI=1S/C26H28N4O2.3ClH/c1-29-25(31)9-8-23-6-2-7-24(26(23)29)32-18-4-16-30(20-22-10-14-27-15-11-22)17-12-21-5-3-13-28-19-21;;;/h2-3,5-11,13-15,19H,4,12,16-18,20H2,1H3;3*1H.